The average Bonchev–Trinajstić information content (AvgIpc) is 2.56. The van der Waals surface area contributed by atoms with Gasteiger partial charge in [0.25, 0.3) is 0 Å². The molecule has 0 saturated carbocycles. The number of thioether (sulfide) groups is 1. The SMILES string of the molecule is CCCCCCCCCCCCC(Sc1ccccc1)C(=O)[O-]. The van der Waals surface area contributed by atoms with Crippen LogP contribution in [0.15, 0.2) is 35.2 Å². The zero-order valence-electron chi connectivity index (χ0n) is 14.5. The van der Waals surface area contributed by atoms with Crippen LogP contribution in [0.4, 0.5) is 0 Å². The smallest absolute Gasteiger partial charge is 0.0548 e. The number of carboxylic acids is 1. The molecule has 0 aliphatic rings. The van der Waals surface area contributed by atoms with Crippen molar-refractivity contribution in [3.63, 3.8) is 0 Å². The number of hydrogen-bond acceptors (Lipinski definition) is 3. The Labute approximate surface area is 146 Å². The van der Waals surface area contributed by atoms with Crippen LogP contribution in [0.1, 0.15) is 77.6 Å². The molecule has 0 spiro atoms. The fourth-order valence-corrected chi connectivity index (χ4v) is 3.73. The highest BCUT2D eigenvalue weighted by molar-refractivity contribution is 8.00. The first-order chi connectivity index (χ1) is 11.2. The molecule has 1 unspecified atom stereocenters. The maximum Gasteiger partial charge on any atom is 0.0548 e. The van der Waals surface area contributed by atoms with Gasteiger partial charge in [-0.3, -0.25) is 0 Å². The lowest BCUT2D eigenvalue weighted by molar-refractivity contribution is -0.304. The number of aliphatic carboxylic acids is 1. The van der Waals surface area contributed by atoms with Crippen molar-refractivity contribution < 1.29 is 9.90 Å². The summed E-state index contributed by atoms with van der Waals surface area (Å²) in [6.45, 7) is 2.25. The molecule has 0 radical (unpaired) electrons. The van der Waals surface area contributed by atoms with Gasteiger partial charge in [0, 0.05) is 10.1 Å². The first-order valence-corrected chi connectivity index (χ1v) is 10.0. The number of hydrogen-bond donors (Lipinski definition) is 0. The molecule has 0 aliphatic carbocycles. The van der Waals surface area contributed by atoms with Crippen molar-refractivity contribution in [3.05, 3.63) is 30.3 Å². The van der Waals surface area contributed by atoms with Gasteiger partial charge >= 0.3 is 0 Å². The first kappa shape index (κ1) is 20.1. The third-order valence-electron chi connectivity index (χ3n) is 4.10. The van der Waals surface area contributed by atoms with E-state index >= 15 is 0 Å². The van der Waals surface area contributed by atoms with Crippen molar-refractivity contribution in [1.82, 2.24) is 0 Å². The zero-order chi connectivity index (χ0) is 16.8. The summed E-state index contributed by atoms with van der Waals surface area (Å²) in [7, 11) is 0. The lowest BCUT2D eigenvalue weighted by atomic mass is 10.1. The van der Waals surface area contributed by atoms with E-state index in [0.717, 1.165) is 17.7 Å². The van der Waals surface area contributed by atoms with Gasteiger partial charge in [0.2, 0.25) is 0 Å². The molecule has 0 bridgehead atoms. The highest BCUT2D eigenvalue weighted by atomic mass is 32.2. The minimum Gasteiger partial charge on any atom is -0.549 e. The number of rotatable bonds is 14. The van der Waals surface area contributed by atoms with Gasteiger partial charge in [-0.15, -0.1) is 11.8 Å². The number of carbonyl (C=O) groups is 1. The number of carbonyl (C=O) groups excluding carboxylic acids is 1. The third kappa shape index (κ3) is 10.4. The van der Waals surface area contributed by atoms with E-state index in [-0.39, 0.29) is 0 Å². The number of benzene rings is 1. The van der Waals surface area contributed by atoms with Gasteiger partial charge in [-0.2, -0.15) is 0 Å². The van der Waals surface area contributed by atoms with Gasteiger partial charge < -0.3 is 9.90 Å². The van der Waals surface area contributed by atoms with E-state index in [1.165, 1.54) is 63.1 Å². The highest BCUT2D eigenvalue weighted by Crippen LogP contribution is 2.26. The van der Waals surface area contributed by atoms with E-state index in [4.69, 9.17) is 0 Å². The summed E-state index contributed by atoms with van der Waals surface area (Å²) in [5.74, 6) is -0.935. The molecule has 1 aromatic rings. The van der Waals surface area contributed by atoms with Crippen LogP contribution in [0, 0.1) is 0 Å². The van der Waals surface area contributed by atoms with Crippen LogP contribution < -0.4 is 5.11 Å². The van der Waals surface area contributed by atoms with Gasteiger partial charge in [-0.05, 0) is 18.6 Å². The molecule has 0 saturated heterocycles. The van der Waals surface area contributed by atoms with E-state index in [2.05, 4.69) is 6.92 Å². The fraction of sp³-hybridized carbons (Fsp3) is 0.650. The molecule has 1 aromatic carbocycles. The third-order valence-corrected chi connectivity index (χ3v) is 5.36. The Kier molecular flexibility index (Phi) is 11.8. The second kappa shape index (κ2) is 13.5. The van der Waals surface area contributed by atoms with Crippen molar-refractivity contribution in [1.29, 1.82) is 0 Å². The minimum atomic E-state index is -0.935. The molecular formula is C20H31O2S-. The quantitative estimate of drug-likeness (QED) is 0.346. The van der Waals surface area contributed by atoms with Crippen molar-refractivity contribution in [3.8, 4) is 0 Å². The predicted molar refractivity (Wildman–Crippen MR) is 97.6 cm³/mol. The van der Waals surface area contributed by atoms with E-state index in [0.29, 0.717) is 6.42 Å². The molecule has 0 fully saturated rings. The lowest BCUT2D eigenvalue weighted by Crippen LogP contribution is -2.33. The highest BCUT2D eigenvalue weighted by Gasteiger charge is 2.11. The summed E-state index contributed by atoms with van der Waals surface area (Å²) in [6.07, 6.45) is 13.4. The van der Waals surface area contributed by atoms with Gasteiger partial charge in [-0.1, -0.05) is 89.3 Å². The minimum absolute atomic E-state index is 0.425. The second-order valence-corrected chi connectivity index (χ2v) is 7.49. The molecule has 0 aromatic heterocycles. The summed E-state index contributed by atoms with van der Waals surface area (Å²) in [4.78, 5) is 12.3. The molecule has 0 aliphatic heterocycles. The van der Waals surface area contributed by atoms with Gasteiger partial charge in [0.1, 0.15) is 0 Å². The molecule has 1 rings (SSSR count). The standard InChI is InChI=1S/C20H32O2S/c1-2-3-4-5-6-7-8-9-10-14-17-19(20(21)22)23-18-15-12-11-13-16-18/h11-13,15-16,19H,2-10,14,17H2,1H3,(H,21,22)/p-1. The molecule has 3 heteroatoms. The Balaban J connectivity index is 2.06. The molecule has 23 heavy (non-hydrogen) atoms. The van der Waals surface area contributed by atoms with E-state index in [1.807, 2.05) is 30.3 Å². The maximum absolute atomic E-state index is 11.3. The van der Waals surface area contributed by atoms with Crippen LogP contribution in [-0.4, -0.2) is 11.2 Å². The van der Waals surface area contributed by atoms with Crippen LogP contribution in [0.2, 0.25) is 0 Å². The lowest BCUT2D eigenvalue weighted by Gasteiger charge is -2.17. The van der Waals surface area contributed by atoms with Crippen LogP contribution >= 0.6 is 11.8 Å². The number of carboxylic acid groups (broad SMARTS) is 1. The molecule has 2 nitrogen and oxygen atoms in total. The van der Waals surface area contributed by atoms with Crippen molar-refractivity contribution in [2.45, 2.75) is 87.7 Å². The van der Waals surface area contributed by atoms with Gasteiger partial charge in [-0.25, -0.2) is 0 Å². The Morgan fingerprint density at radius 1 is 0.913 bits per heavy atom. The van der Waals surface area contributed by atoms with E-state index in [1.54, 1.807) is 0 Å². The zero-order valence-corrected chi connectivity index (χ0v) is 15.3. The predicted octanol–water partition coefficient (Wildman–Crippen LogP) is 5.21. The largest absolute Gasteiger partial charge is 0.549 e. The first-order valence-electron chi connectivity index (χ1n) is 9.16. The Bertz CT molecular complexity index is 405. The van der Waals surface area contributed by atoms with Crippen LogP contribution in [-0.2, 0) is 4.79 Å². The van der Waals surface area contributed by atoms with Crippen molar-refractivity contribution >= 4 is 17.7 Å². The number of unbranched alkanes of at least 4 members (excludes halogenated alkanes) is 9. The molecular weight excluding hydrogens is 304 g/mol. The van der Waals surface area contributed by atoms with Crippen LogP contribution in [0.5, 0.6) is 0 Å². The maximum atomic E-state index is 11.3. The Morgan fingerprint density at radius 3 is 1.96 bits per heavy atom. The molecule has 130 valence electrons. The molecule has 0 N–H and O–H groups in total. The van der Waals surface area contributed by atoms with Gasteiger partial charge in [0.05, 0.1) is 5.97 Å². The summed E-state index contributed by atoms with van der Waals surface area (Å²) in [5, 5.41) is 10.8. The Hall–Kier alpha value is -0.960. The fourth-order valence-electron chi connectivity index (χ4n) is 2.71. The van der Waals surface area contributed by atoms with E-state index < -0.39 is 11.2 Å². The van der Waals surface area contributed by atoms with Crippen molar-refractivity contribution in [2.75, 3.05) is 0 Å². The van der Waals surface area contributed by atoms with Crippen molar-refractivity contribution in [2.24, 2.45) is 0 Å². The molecule has 1 atom stereocenters. The van der Waals surface area contributed by atoms with Crippen LogP contribution in [0.25, 0.3) is 0 Å². The molecule has 0 heterocycles. The van der Waals surface area contributed by atoms with E-state index in [9.17, 15) is 9.90 Å². The average molecular weight is 336 g/mol. The van der Waals surface area contributed by atoms with Gasteiger partial charge in [0.15, 0.2) is 0 Å². The van der Waals surface area contributed by atoms with Crippen LogP contribution in [0.3, 0.4) is 0 Å². The summed E-state index contributed by atoms with van der Waals surface area (Å²) in [5.41, 5.74) is 0. The topological polar surface area (TPSA) is 40.1 Å². The summed E-state index contributed by atoms with van der Waals surface area (Å²) in [6, 6.07) is 9.74. The normalized spacial score (nSPS) is 12.2. The molecule has 0 amide bonds. The Morgan fingerprint density at radius 2 is 1.43 bits per heavy atom. The summed E-state index contributed by atoms with van der Waals surface area (Å²) < 4.78 is 0. The second-order valence-electron chi connectivity index (χ2n) is 6.21. The summed E-state index contributed by atoms with van der Waals surface area (Å²) >= 11 is 1.41. The monoisotopic (exact) mass is 335 g/mol.